The number of hydrogen-bond acceptors (Lipinski definition) is 10. The molecule has 5 aromatic carbocycles. The number of thiophene rings is 2. The average Bonchev–Trinajstić information content (AvgIpc) is 1.57. The second kappa shape index (κ2) is 52.8. The molecule has 6 heterocycles. The van der Waals surface area contributed by atoms with Gasteiger partial charge in [-0.3, -0.25) is 9.59 Å². The first-order valence-electron chi connectivity index (χ1n) is 56.5. The molecule has 0 amide bonds. The molecule has 12 heteroatoms. The number of ether oxygens (including phenoxy) is 2. The number of unbranched alkanes of at least 4 members (excludes halogenated alkanes) is 46. The molecular weight excluding hydrogens is 1730 g/mol. The molecule has 0 spiro atoms. The monoisotopic (exact) mass is 1910 g/mol. The molecule has 0 unspecified atom stereocenters. The van der Waals surface area contributed by atoms with Crippen LogP contribution in [0.2, 0.25) is 0 Å². The fourth-order valence-corrected chi connectivity index (χ4v) is 25.4. The molecule has 0 radical (unpaired) electrons. The van der Waals surface area contributed by atoms with E-state index in [-0.39, 0.29) is 45.1 Å². The van der Waals surface area contributed by atoms with E-state index < -0.39 is 10.8 Å². The third-order valence-electron chi connectivity index (χ3n) is 31.8. The summed E-state index contributed by atoms with van der Waals surface area (Å²) >= 11 is 3.63. The van der Waals surface area contributed by atoms with Gasteiger partial charge >= 0.3 is 0 Å². The highest BCUT2D eigenvalue weighted by Gasteiger charge is 2.49. The average molecular weight is 1910 g/mol. The van der Waals surface area contributed by atoms with Crippen molar-refractivity contribution in [2.45, 2.75) is 452 Å². The van der Waals surface area contributed by atoms with Crippen LogP contribution in [0.15, 0.2) is 167 Å². The van der Waals surface area contributed by atoms with Crippen molar-refractivity contribution < 1.29 is 38.4 Å². The summed E-state index contributed by atoms with van der Waals surface area (Å²) in [4.78, 5) is 37.5. The van der Waals surface area contributed by atoms with Gasteiger partial charge in [0.15, 0.2) is 23.0 Å². The van der Waals surface area contributed by atoms with Gasteiger partial charge in [0.1, 0.15) is 24.6 Å². The zero-order valence-electron chi connectivity index (χ0n) is 88.6. The van der Waals surface area contributed by atoms with Gasteiger partial charge in [0.25, 0.3) is 0 Å². The summed E-state index contributed by atoms with van der Waals surface area (Å²) in [5, 5.41) is 32.4. The van der Waals surface area contributed by atoms with Gasteiger partial charge in [-0.25, -0.2) is 0 Å². The van der Waals surface area contributed by atoms with Gasteiger partial charge in [-0.05, 0) is 125 Å². The topological polar surface area (TPSA) is 111 Å². The minimum absolute atomic E-state index is 0.154. The quantitative estimate of drug-likeness (QED) is 0.0211. The van der Waals surface area contributed by atoms with Crippen molar-refractivity contribution >= 4 is 88.6 Å². The fourth-order valence-electron chi connectivity index (χ4n) is 23.1. The number of anilines is 2. The number of Topliss-reactive ketones (excluding diaryl/α,β-unsaturated/α-hetero) is 2. The standard InChI is InChI=1S/C126H178N4O6S2/c1-15-21-27-33-39-43-47-51-55-65-79-127-105-73-63-61-71-101(105)123(7,8)111(127)89-95-115(131)97(116(95)132)91-113-125(11,12)103-77-75-93(85-107(103)129(113)81-67-57-53-49-45-41-35-29-23-17-3)109-87-99-119(135-83-69-59-37-31-25-19-5)122-100(120(121(99)137-109)136-84-70-60-38-32-26-20-6)88-110(138-122)94-76-78-104-108(86-94)130(82-68-58-54-50-46-42-36-30-24-18-4)114(126(104,13)14)92-98-117(133)96(118(98)134)90-112-124(9,10)102-72-62-64-74-106(102)128(112)80-66-56-52-48-44-40-34-28-22-16-2/h61-64,71-78,85-92H,15-60,65-70,79-84H2,1-14H3. The van der Waals surface area contributed by atoms with Crippen LogP contribution in [0.5, 0.6) is 11.5 Å². The van der Waals surface area contributed by atoms with Crippen molar-refractivity contribution in [3.05, 3.63) is 189 Å². The predicted molar refractivity (Wildman–Crippen MR) is 589 cm³/mol. The first-order valence-corrected chi connectivity index (χ1v) is 58.1. The Balaban J connectivity index is 0.852. The first-order chi connectivity index (χ1) is 67.1. The second-order valence-electron chi connectivity index (χ2n) is 44.0. The molecule has 0 saturated heterocycles. The molecule has 750 valence electrons. The Kier molecular flexibility index (Phi) is 41.0. The van der Waals surface area contributed by atoms with Crippen molar-refractivity contribution in [2.24, 2.45) is 0 Å². The molecule has 138 heavy (non-hydrogen) atoms. The number of fused-ring (bicyclic) bond motifs is 6. The fraction of sp³-hybridized carbons (Fsp3) is 0.603. The van der Waals surface area contributed by atoms with Gasteiger partial charge in [0.2, 0.25) is 11.4 Å². The minimum Gasteiger partial charge on any atom is -0.871 e. The zero-order valence-corrected chi connectivity index (χ0v) is 90.2. The zero-order chi connectivity index (χ0) is 97.6. The third-order valence-corrected chi connectivity index (χ3v) is 34.2. The highest BCUT2D eigenvalue weighted by Crippen LogP contribution is 2.58. The summed E-state index contributed by atoms with van der Waals surface area (Å²) in [6, 6.07) is 36.4. The maximum Gasteiger partial charge on any atom is 0.209 e. The maximum absolute atomic E-state index is 15.1. The van der Waals surface area contributed by atoms with Gasteiger partial charge < -0.3 is 29.5 Å². The Hall–Kier alpha value is -8.06. The van der Waals surface area contributed by atoms with Crippen molar-refractivity contribution in [3.8, 4) is 32.4 Å². The van der Waals surface area contributed by atoms with Crippen LogP contribution in [-0.4, -0.2) is 71.5 Å². The molecule has 2 aromatic heterocycles. The molecule has 0 N–H and O–H groups in total. The Morgan fingerprint density at radius 3 is 0.906 bits per heavy atom. The Morgan fingerprint density at radius 2 is 0.601 bits per heavy atom. The molecule has 7 aromatic rings. The van der Waals surface area contributed by atoms with Gasteiger partial charge in [0.05, 0.1) is 33.4 Å². The number of ketones is 2. The summed E-state index contributed by atoms with van der Waals surface area (Å²) in [6.07, 6.45) is 71.9. The molecule has 6 aliphatic rings. The van der Waals surface area contributed by atoms with Gasteiger partial charge in [0, 0.05) is 138 Å². The van der Waals surface area contributed by atoms with Crippen LogP contribution in [-0.2, 0) is 31.2 Å². The summed E-state index contributed by atoms with van der Waals surface area (Å²) in [5.74, 6) is 1.23. The van der Waals surface area contributed by atoms with Crippen LogP contribution in [0.4, 0.5) is 22.7 Å². The lowest BCUT2D eigenvalue weighted by Gasteiger charge is -2.33. The Morgan fingerprint density at radius 1 is 0.319 bits per heavy atom. The lowest BCUT2D eigenvalue weighted by molar-refractivity contribution is -0.438. The van der Waals surface area contributed by atoms with Crippen LogP contribution in [0.25, 0.3) is 41.1 Å². The van der Waals surface area contributed by atoms with E-state index in [1.165, 1.54) is 290 Å². The van der Waals surface area contributed by atoms with Crippen LogP contribution in [0.1, 0.15) is 453 Å². The first kappa shape index (κ1) is 107. The lowest BCUT2D eigenvalue weighted by atomic mass is 9.77. The second-order valence-corrected chi connectivity index (χ2v) is 46.1. The molecule has 10 nitrogen and oxygen atoms in total. The highest BCUT2D eigenvalue weighted by atomic mass is 32.1. The number of carbonyl (C=O) groups is 2. The van der Waals surface area contributed by atoms with Gasteiger partial charge in [-0.2, -0.15) is 9.15 Å². The SMILES string of the molecule is CCCCCCCCCCCCN1/C(=C/C2=C([O-])C(=C\C3=[N+](CCCCCCCCCCCC)c4ccccc4C3(C)C)/C2=O)C(C)(C)c2ccc(-c3cc4c(OCCCCCCCC)c5sc(-c6ccc7c(c6)N(CCCCCCCCCCCC)/C(=C/C6=C([O-])C(=C\C8=[N+](CCCCCCCCCCCC)c9ccccc9C8(C)C)/C6=O)C7(C)C)cc5c(OCCCCCCCC)c4s3)cc21. The number of rotatable bonds is 66. The van der Waals surface area contributed by atoms with Gasteiger partial charge in [-0.1, -0.05) is 424 Å². The number of hydrogen-bond donors (Lipinski definition) is 0. The summed E-state index contributed by atoms with van der Waals surface area (Å²) in [6.45, 7) is 36.5. The van der Waals surface area contributed by atoms with Crippen molar-refractivity contribution in [2.75, 3.05) is 49.2 Å². The largest absolute Gasteiger partial charge is 0.871 e. The molecule has 0 bridgehead atoms. The number of allylic oxidation sites excluding steroid dienone is 10. The molecule has 0 atom stereocenters. The van der Waals surface area contributed by atoms with E-state index in [1.54, 1.807) is 0 Å². The van der Waals surface area contributed by atoms with Crippen LogP contribution < -0.4 is 29.5 Å². The van der Waals surface area contributed by atoms with Crippen molar-refractivity contribution in [1.82, 2.24) is 0 Å². The van der Waals surface area contributed by atoms with E-state index in [2.05, 4.69) is 213 Å². The summed E-state index contributed by atoms with van der Waals surface area (Å²) in [7, 11) is 0. The molecule has 4 aliphatic heterocycles. The van der Waals surface area contributed by atoms with E-state index in [0.717, 1.165) is 190 Å². The summed E-state index contributed by atoms with van der Waals surface area (Å²) in [5.41, 5.74) is 15.3. The predicted octanol–water partition coefficient (Wildman–Crippen LogP) is 35.0. The van der Waals surface area contributed by atoms with E-state index in [9.17, 15) is 0 Å². The number of carbonyl (C=O) groups excluding carboxylic acids is 2. The molecule has 0 fully saturated rings. The Bertz CT molecular complexity index is 5080. The van der Waals surface area contributed by atoms with Crippen LogP contribution in [0, 0.1) is 0 Å². The molecule has 13 rings (SSSR count). The summed E-state index contributed by atoms with van der Waals surface area (Å²) < 4.78 is 21.9. The molecular formula is C126H178N4O6S2. The van der Waals surface area contributed by atoms with Crippen LogP contribution >= 0.6 is 22.7 Å². The lowest BCUT2D eigenvalue weighted by Crippen LogP contribution is -2.35. The minimum atomic E-state index is -0.514. The molecule has 2 aliphatic carbocycles. The number of para-hydroxylation sites is 2. The van der Waals surface area contributed by atoms with Crippen molar-refractivity contribution in [3.63, 3.8) is 0 Å². The van der Waals surface area contributed by atoms with E-state index in [0.29, 0.717) is 24.4 Å². The Labute approximate surface area is 844 Å². The smallest absolute Gasteiger partial charge is 0.209 e. The highest BCUT2D eigenvalue weighted by molar-refractivity contribution is 7.24. The van der Waals surface area contributed by atoms with E-state index in [1.807, 2.05) is 47.0 Å². The number of benzene rings is 5. The van der Waals surface area contributed by atoms with E-state index in [4.69, 9.17) is 9.47 Å². The van der Waals surface area contributed by atoms with Crippen LogP contribution in [0.3, 0.4) is 0 Å². The normalized spacial score (nSPS) is 17.4. The van der Waals surface area contributed by atoms with E-state index >= 15 is 19.8 Å². The molecule has 0 saturated carbocycles. The van der Waals surface area contributed by atoms with Gasteiger partial charge in [-0.15, -0.1) is 22.7 Å². The maximum atomic E-state index is 15.1. The van der Waals surface area contributed by atoms with Crippen molar-refractivity contribution in [1.29, 1.82) is 0 Å². The third kappa shape index (κ3) is 25.9. The number of nitrogens with zero attached hydrogens (tertiary/aromatic N) is 4.